The molecule has 3 nitrogen and oxygen atoms in total. The number of nitrogens with zero attached hydrogens (tertiary/aromatic N) is 3. The first-order valence-electron chi connectivity index (χ1n) is 6.13. The van der Waals surface area contributed by atoms with Gasteiger partial charge in [-0.15, -0.1) is 0 Å². The van der Waals surface area contributed by atoms with Crippen molar-refractivity contribution in [1.82, 2.24) is 14.7 Å². The summed E-state index contributed by atoms with van der Waals surface area (Å²) in [6, 6.07) is 0.709. The maximum absolute atomic E-state index is 2.58. The molecule has 0 bridgehead atoms. The summed E-state index contributed by atoms with van der Waals surface area (Å²) in [5.74, 6) is 0. The molecule has 1 unspecified atom stereocenters. The van der Waals surface area contributed by atoms with E-state index in [-0.39, 0.29) is 0 Å². The molecule has 0 spiro atoms. The predicted octanol–water partition coefficient (Wildman–Crippen LogP) is 1.27. The lowest BCUT2D eigenvalue weighted by Gasteiger charge is -2.47. The van der Waals surface area contributed by atoms with Gasteiger partial charge in [0, 0.05) is 19.1 Å². The van der Waals surface area contributed by atoms with Gasteiger partial charge in [-0.3, -0.25) is 9.80 Å². The van der Waals surface area contributed by atoms with Crippen molar-refractivity contribution in [2.24, 2.45) is 5.41 Å². The molecule has 0 aromatic rings. The third-order valence-electron chi connectivity index (χ3n) is 3.85. The first-order chi connectivity index (χ1) is 6.98. The van der Waals surface area contributed by atoms with E-state index < -0.39 is 0 Å². The zero-order chi connectivity index (χ0) is 11.1. The lowest BCUT2D eigenvalue weighted by atomic mass is 9.89. The van der Waals surface area contributed by atoms with Crippen molar-refractivity contribution in [1.29, 1.82) is 0 Å². The van der Waals surface area contributed by atoms with Crippen molar-refractivity contribution in [3.8, 4) is 0 Å². The van der Waals surface area contributed by atoms with Gasteiger partial charge in [0.05, 0.1) is 13.3 Å². The van der Waals surface area contributed by atoms with E-state index in [0.29, 0.717) is 11.5 Å². The average Bonchev–Trinajstić information content (AvgIpc) is 2.38. The second-order valence-electron chi connectivity index (χ2n) is 6.09. The molecular weight excluding hydrogens is 186 g/mol. The van der Waals surface area contributed by atoms with Crippen LogP contribution in [0, 0.1) is 5.41 Å². The van der Waals surface area contributed by atoms with E-state index in [1.807, 2.05) is 0 Å². The van der Waals surface area contributed by atoms with E-state index in [2.05, 4.69) is 42.5 Å². The van der Waals surface area contributed by atoms with Crippen LogP contribution in [0.15, 0.2) is 0 Å². The Labute approximate surface area is 94.0 Å². The van der Waals surface area contributed by atoms with Crippen LogP contribution in [0.4, 0.5) is 0 Å². The van der Waals surface area contributed by atoms with Gasteiger partial charge in [0.1, 0.15) is 0 Å². The molecule has 0 radical (unpaired) electrons. The van der Waals surface area contributed by atoms with Gasteiger partial charge in [0.25, 0.3) is 0 Å². The quantitative estimate of drug-likeness (QED) is 0.696. The molecule has 2 saturated heterocycles. The Balaban J connectivity index is 1.75. The van der Waals surface area contributed by atoms with Crippen molar-refractivity contribution in [2.75, 3.05) is 40.0 Å². The highest BCUT2D eigenvalue weighted by Gasteiger charge is 2.37. The third kappa shape index (κ3) is 2.52. The minimum atomic E-state index is 0.540. The van der Waals surface area contributed by atoms with Crippen LogP contribution in [0.25, 0.3) is 0 Å². The lowest BCUT2D eigenvalue weighted by molar-refractivity contribution is -0.0694. The minimum Gasteiger partial charge on any atom is -0.306 e. The van der Waals surface area contributed by atoms with Crippen LogP contribution in [0.1, 0.15) is 27.2 Å². The Morgan fingerprint density at radius 1 is 1.27 bits per heavy atom. The highest BCUT2D eigenvalue weighted by molar-refractivity contribution is 4.89. The second-order valence-corrected chi connectivity index (χ2v) is 6.09. The van der Waals surface area contributed by atoms with Gasteiger partial charge in [-0.05, 0) is 39.3 Å². The largest absolute Gasteiger partial charge is 0.306 e. The maximum Gasteiger partial charge on any atom is 0.0532 e. The molecule has 0 amide bonds. The van der Waals surface area contributed by atoms with Gasteiger partial charge in [-0.25, -0.2) is 0 Å². The minimum absolute atomic E-state index is 0.540. The first kappa shape index (κ1) is 11.4. The molecule has 2 aliphatic rings. The highest BCUT2D eigenvalue weighted by Crippen LogP contribution is 2.31. The Morgan fingerprint density at radius 3 is 2.40 bits per heavy atom. The molecule has 2 fully saturated rings. The Bertz CT molecular complexity index is 223. The van der Waals surface area contributed by atoms with Crippen molar-refractivity contribution in [2.45, 2.75) is 33.2 Å². The molecule has 2 aliphatic heterocycles. The molecule has 2 rings (SSSR count). The topological polar surface area (TPSA) is 9.72 Å². The monoisotopic (exact) mass is 211 g/mol. The molecule has 0 aromatic carbocycles. The van der Waals surface area contributed by atoms with Gasteiger partial charge < -0.3 is 4.90 Å². The third-order valence-corrected chi connectivity index (χ3v) is 3.85. The van der Waals surface area contributed by atoms with Crippen LogP contribution in [0.3, 0.4) is 0 Å². The maximum atomic E-state index is 2.58. The van der Waals surface area contributed by atoms with Crippen molar-refractivity contribution < 1.29 is 0 Å². The molecular formula is C12H25N3. The molecule has 0 N–H and O–H groups in total. The highest BCUT2D eigenvalue weighted by atomic mass is 15.5. The fraction of sp³-hybridized carbons (Fsp3) is 1.00. The Kier molecular flexibility index (Phi) is 3.06. The molecule has 0 saturated carbocycles. The summed E-state index contributed by atoms with van der Waals surface area (Å²) in [5.41, 5.74) is 0.540. The van der Waals surface area contributed by atoms with Gasteiger partial charge in [-0.2, -0.15) is 0 Å². The predicted molar refractivity (Wildman–Crippen MR) is 63.6 cm³/mol. The molecule has 3 heteroatoms. The molecule has 88 valence electrons. The van der Waals surface area contributed by atoms with Crippen molar-refractivity contribution in [3.63, 3.8) is 0 Å². The van der Waals surface area contributed by atoms with E-state index in [1.54, 1.807) is 0 Å². The SMILES string of the molecule is CC(C)N1CN(CC2(C)CCN(C)C2)C1. The fourth-order valence-electron chi connectivity index (χ4n) is 2.84. The summed E-state index contributed by atoms with van der Waals surface area (Å²) >= 11 is 0. The smallest absolute Gasteiger partial charge is 0.0532 e. The van der Waals surface area contributed by atoms with E-state index >= 15 is 0 Å². The van der Waals surface area contributed by atoms with E-state index in [1.165, 1.54) is 39.4 Å². The van der Waals surface area contributed by atoms with Crippen LogP contribution in [-0.4, -0.2) is 60.8 Å². The summed E-state index contributed by atoms with van der Waals surface area (Å²) in [6.07, 6.45) is 1.36. The zero-order valence-electron chi connectivity index (χ0n) is 10.7. The number of likely N-dealkylation sites (tertiary alicyclic amines) is 1. The van der Waals surface area contributed by atoms with E-state index in [4.69, 9.17) is 0 Å². The lowest BCUT2D eigenvalue weighted by Crippen LogP contribution is -2.60. The first-order valence-corrected chi connectivity index (χ1v) is 6.13. The van der Waals surface area contributed by atoms with Crippen LogP contribution in [-0.2, 0) is 0 Å². The molecule has 0 aromatic heterocycles. The van der Waals surface area contributed by atoms with Crippen LogP contribution in [0.2, 0.25) is 0 Å². The molecule has 0 aliphatic carbocycles. The van der Waals surface area contributed by atoms with Gasteiger partial charge >= 0.3 is 0 Å². The van der Waals surface area contributed by atoms with Crippen LogP contribution >= 0.6 is 0 Å². The Hall–Kier alpha value is -0.120. The number of rotatable bonds is 3. The van der Waals surface area contributed by atoms with Crippen molar-refractivity contribution in [3.05, 3.63) is 0 Å². The summed E-state index contributed by atoms with van der Waals surface area (Å²) in [7, 11) is 2.24. The zero-order valence-corrected chi connectivity index (χ0v) is 10.7. The Morgan fingerprint density at radius 2 is 1.93 bits per heavy atom. The van der Waals surface area contributed by atoms with Gasteiger partial charge in [0.15, 0.2) is 0 Å². The number of hydrogen-bond donors (Lipinski definition) is 0. The van der Waals surface area contributed by atoms with Gasteiger partial charge in [-0.1, -0.05) is 6.92 Å². The number of hydrogen-bond acceptors (Lipinski definition) is 3. The molecule has 1 atom stereocenters. The summed E-state index contributed by atoms with van der Waals surface area (Å²) in [6.45, 7) is 13.2. The summed E-state index contributed by atoms with van der Waals surface area (Å²) in [5, 5.41) is 0. The molecule has 2 heterocycles. The van der Waals surface area contributed by atoms with E-state index in [0.717, 1.165) is 0 Å². The van der Waals surface area contributed by atoms with Crippen LogP contribution < -0.4 is 0 Å². The standard InChI is InChI=1S/C12H25N3/c1-11(2)15-9-14(10-15)8-12(3)5-6-13(4)7-12/h11H,5-10H2,1-4H3. The van der Waals surface area contributed by atoms with Crippen molar-refractivity contribution >= 4 is 0 Å². The second kappa shape index (κ2) is 4.04. The van der Waals surface area contributed by atoms with Crippen LogP contribution in [0.5, 0.6) is 0 Å². The normalized spacial score (nSPS) is 35.0. The van der Waals surface area contributed by atoms with E-state index in [9.17, 15) is 0 Å². The average molecular weight is 211 g/mol. The summed E-state index contributed by atoms with van der Waals surface area (Å²) < 4.78 is 0. The fourth-order valence-corrected chi connectivity index (χ4v) is 2.84. The summed E-state index contributed by atoms with van der Waals surface area (Å²) in [4.78, 5) is 7.56. The molecule has 15 heavy (non-hydrogen) atoms. The van der Waals surface area contributed by atoms with Gasteiger partial charge in [0.2, 0.25) is 0 Å².